The van der Waals surface area contributed by atoms with Gasteiger partial charge in [0.2, 0.25) is 0 Å². The zero-order valence-corrected chi connectivity index (χ0v) is 13.3. The predicted octanol–water partition coefficient (Wildman–Crippen LogP) is 3.04. The topological polar surface area (TPSA) is 24.5 Å². The third kappa shape index (κ3) is 3.97. The lowest BCUT2D eigenvalue weighted by molar-refractivity contribution is 0.279. The van der Waals surface area contributed by atoms with Gasteiger partial charge in [0.25, 0.3) is 0 Å². The maximum absolute atomic E-state index is 5.52. The summed E-state index contributed by atoms with van der Waals surface area (Å²) in [6, 6.07) is 6.54. The van der Waals surface area contributed by atoms with Crippen LogP contribution >= 0.6 is 0 Å². The number of hydrogen-bond acceptors (Lipinski definition) is 3. The number of benzene rings is 1. The minimum atomic E-state index is 0.453. The number of nitrogens with one attached hydrogen (secondary N) is 1. The maximum Gasteiger partial charge on any atom is 0.123 e. The Balaban J connectivity index is 2.08. The van der Waals surface area contributed by atoms with Crippen LogP contribution in [-0.4, -0.2) is 31.6 Å². The van der Waals surface area contributed by atoms with Crippen LogP contribution in [0.5, 0.6) is 5.75 Å². The molecule has 1 aliphatic heterocycles. The molecule has 0 bridgehead atoms. The van der Waals surface area contributed by atoms with E-state index in [9.17, 15) is 0 Å². The molecule has 1 aliphatic rings. The molecule has 0 atom stereocenters. The van der Waals surface area contributed by atoms with E-state index in [1.807, 2.05) is 0 Å². The van der Waals surface area contributed by atoms with Gasteiger partial charge < -0.3 is 10.1 Å². The summed E-state index contributed by atoms with van der Waals surface area (Å²) >= 11 is 0. The summed E-state index contributed by atoms with van der Waals surface area (Å²) in [5.41, 5.74) is 3.09. The van der Waals surface area contributed by atoms with Gasteiger partial charge in [-0.2, -0.15) is 0 Å². The van der Waals surface area contributed by atoms with Crippen molar-refractivity contribution >= 4 is 0 Å². The van der Waals surface area contributed by atoms with E-state index < -0.39 is 0 Å². The van der Waals surface area contributed by atoms with Crippen LogP contribution in [0.2, 0.25) is 0 Å². The van der Waals surface area contributed by atoms with E-state index >= 15 is 0 Å². The molecule has 0 spiro atoms. The van der Waals surface area contributed by atoms with E-state index in [1.54, 1.807) is 7.11 Å². The van der Waals surface area contributed by atoms with Crippen molar-refractivity contribution in [3.63, 3.8) is 0 Å². The molecule has 1 heterocycles. The van der Waals surface area contributed by atoms with Gasteiger partial charge in [0.05, 0.1) is 7.11 Å². The van der Waals surface area contributed by atoms with Crippen LogP contribution in [0.15, 0.2) is 18.2 Å². The van der Waals surface area contributed by atoms with E-state index in [-0.39, 0.29) is 0 Å². The van der Waals surface area contributed by atoms with Crippen molar-refractivity contribution in [1.29, 1.82) is 0 Å². The number of methoxy groups -OCH3 is 1. The molecule has 0 aromatic heterocycles. The molecule has 20 heavy (non-hydrogen) atoms. The molecule has 0 radical (unpaired) electrons. The Morgan fingerprint density at radius 3 is 2.75 bits per heavy atom. The minimum absolute atomic E-state index is 0.453. The summed E-state index contributed by atoms with van der Waals surface area (Å²) in [6.07, 6.45) is 1.28. The number of hydrogen-bond donors (Lipinski definition) is 1. The molecule has 0 saturated carbocycles. The fourth-order valence-corrected chi connectivity index (χ4v) is 2.93. The Morgan fingerprint density at radius 1 is 1.35 bits per heavy atom. The zero-order valence-electron chi connectivity index (χ0n) is 13.3. The van der Waals surface area contributed by atoms with Gasteiger partial charge in [0.1, 0.15) is 5.75 Å². The van der Waals surface area contributed by atoms with Gasteiger partial charge in [0, 0.05) is 25.2 Å². The third-order valence-electron chi connectivity index (χ3n) is 4.07. The second-order valence-electron chi connectivity index (χ2n) is 6.55. The standard InChI is InChI=1S/C17H28N2O/c1-5-18-11-14-6-7-16(20-4)15(10-14)12-19-9-8-17(2,3)13-19/h6-7,10,18H,5,8-9,11-13H2,1-4H3. The van der Waals surface area contributed by atoms with Crippen molar-refractivity contribution in [3.05, 3.63) is 29.3 Å². The summed E-state index contributed by atoms with van der Waals surface area (Å²) in [5, 5.41) is 3.38. The molecule has 1 N–H and O–H groups in total. The van der Waals surface area contributed by atoms with Crippen molar-refractivity contribution in [3.8, 4) is 5.75 Å². The van der Waals surface area contributed by atoms with E-state index in [0.29, 0.717) is 5.41 Å². The molecule has 1 aromatic carbocycles. The van der Waals surface area contributed by atoms with E-state index in [1.165, 1.54) is 30.6 Å². The highest BCUT2D eigenvalue weighted by atomic mass is 16.5. The molecular formula is C17H28N2O. The van der Waals surface area contributed by atoms with E-state index in [4.69, 9.17) is 4.74 Å². The van der Waals surface area contributed by atoms with Crippen molar-refractivity contribution < 1.29 is 4.74 Å². The smallest absolute Gasteiger partial charge is 0.123 e. The van der Waals surface area contributed by atoms with Gasteiger partial charge in [-0.3, -0.25) is 4.90 Å². The Hall–Kier alpha value is -1.06. The summed E-state index contributed by atoms with van der Waals surface area (Å²) in [5.74, 6) is 1.01. The average Bonchev–Trinajstić information content (AvgIpc) is 2.76. The molecular weight excluding hydrogens is 248 g/mol. The lowest BCUT2D eigenvalue weighted by atomic mass is 9.93. The van der Waals surface area contributed by atoms with Crippen LogP contribution in [0.25, 0.3) is 0 Å². The van der Waals surface area contributed by atoms with E-state index in [0.717, 1.165) is 25.4 Å². The first-order valence-electron chi connectivity index (χ1n) is 7.63. The van der Waals surface area contributed by atoms with Crippen molar-refractivity contribution in [2.24, 2.45) is 5.41 Å². The Labute approximate surface area is 123 Å². The van der Waals surface area contributed by atoms with Crippen molar-refractivity contribution in [1.82, 2.24) is 10.2 Å². The number of ether oxygens (including phenoxy) is 1. The SMILES string of the molecule is CCNCc1ccc(OC)c(CN2CCC(C)(C)C2)c1. The van der Waals surface area contributed by atoms with Gasteiger partial charge >= 0.3 is 0 Å². The lowest BCUT2D eigenvalue weighted by Crippen LogP contribution is -2.23. The summed E-state index contributed by atoms with van der Waals surface area (Å²) in [7, 11) is 1.76. The van der Waals surface area contributed by atoms with Gasteiger partial charge in [0.15, 0.2) is 0 Å². The van der Waals surface area contributed by atoms with Crippen LogP contribution in [0.3, 0.4) is 0 Å². The first-order valence-corrected chi connectivity index (χ1v) is 7.63. The highest BCUT2D eigenvalue weighted by molar-refractivity contribution is 5.37. The number of nitrogens with zero attached hydrogens (tertiary/aromatic N) is 1. The normalized spacial score (nSPS) is 18.4. The fourth-order valence-electron chi connectivity index (χ4n) is 2.93. The molecule has 1 saturated heterocycles. The molecule has 1 fully saturated rings. The Bertz CT molecular complexity index is 443. The van der Waals surface area contributed by atoms with Crippen LogP contribution in [0.4, 0.5) is 0 Å². The highest BCUT2D eigenvalue weighted by Crippen LogP contribution is 2.31. The summed E-state index contributed by atoms with van der Waals surface area (Å²) in [4.78, 5) is 2.54. The van der Waals surface area contributed by atoms with Gasteiger partial charge in [-0.05, 0) is 42.6 Å². The molecule has 2 rings (SSSR count). The summed E-state index contributed by atoms with van der Waals surface area (Å²) in [6.45, 7) is 12.1. The monoisotopic (exact) mass is 276 g/mol. The van der Waals surface area contributed by atoms with Gasteiger partial charge in [-0.15, -0.1) is 0 Å². The zero-order chi connectivity index (χ0) is 14.6. The largest absolute Gasteiger partial charge is 0.496 e. The molecule has 3 heteroatoms. The molecule has 112 valence electrons. The van der Waals surface area contributed by atoms with E-state index in [2.05, 4.69) is 49.2 Å². The lowest BCUT2D eigenvalue weighted by Gasteiger charge is -2.21. The minimum Gasteiger partial charge on any atom is -0.496 e. The number of likely N-dealkylation sites (tertiary alicyclic amines) is 1. The maximum atomic E-state index is 5.52. The van der Waals surface area contributed by atoms with Crippen LogP contribution in [0, 0.1) is 5.41 Å². The van der Waals surface area contributed by atoms with Crippen LogP contribution in [-0.2, 0) is 13.1 Å². The van der Waals surface area contributed by atoms with Crippen LogP contribution < -0.4 is 10.1 Å². The molecule has 0 aliphatic carbocycles. The molecule has 1 aromatic rings. The van der Waals surface area contributed by atoms with Crippen molar-refractivity contribution in [2.75, 3.05) is 26.7 Å². The number of rotatable bonds is 6. The second-order valence-corrected chi connectivity index (χ2v) is 6.55. The fraction of sp³-hybridized carbons (Fsp3) is 0.647. The third-order valence-corrected chi connectivity index (χ3v) is 4.07. The molecule has 0 amide bonds. The first-order chi connectivity index (χ1) is 9.54. The van der Waals surface area contributed by atoms with Crippen molar-refractivity contribution in [2.45, 2.75) is 40.3 Å². The molecule has 0 unspecified atom stereocenters. The summed E-state index contributed by atoms with van der Waals surface area (Å²) < 4.78 is 5.52. The Morgan fingerprint density at radius 2 is 2.15 bits per heavy atom. The van der Waals surface area contributed by atoms with Gasteiger partial charge in [-0.1, -0.05) is 26.8 Å². The van der Waals surface area contributed by atoms with Gasteiger partial charge in [-0.25, -0.2) is 0 Å². The van der Waals surface area contributed by atoms with Crippen LogP contribution in [0.1, 0.15) is 38.3 Å². The second kappa shape index (κ2) is 6.59. The quantitative estimate of drug-likeness (QED) is 0.864. The first kappa shape index (κ1) is 15.3. The molecule has 3 nitrogen and oxygen atoms in total. The highest BCUT2D eigenvalue weighted by Gasteiger charge is 2.29. The average molecular weight is 276 g/mol. The Kier molecular flexibility index (Phi) is 5.06. The predicted molar refractivity (Wildman–Crippen MR) is 84.0 cm³/mol.